The Labute approximate surface area is 113 Å². The van der Waals surface area contributed by atoms with Gasteiger partial charge in [-0.1, -0.05) is 13.0 Å². The number of hydrogen-bond acceptors (Lipinski definition) is 3. The maximum atomic E-state index is 13.4. The maximum Gasteiger partial charge on any atom is 0.241 e. The van der Waals surface area contributed by atoms with Gasteiger partial charge in [0.05, 0.1) is 4.90 Å². The zero-order chi connectivity index (χ0) is 14.7. The molecule has 0 fully saturated rings. The molecule has 0 aliphatic carbocycles. The standard InChI is InChI=1S/C13H20FNO3S/c1-4-13(3,7-8-16)15-19(17,18)11-6-5-10(2)12(14)9-11/h5-6,9,15-16H,4,7-8H2,1-3H3. The van der Waals surface area contributed by atoms with Crippen LogP contribution in [0.15, 0.2) is 23.1 Å². The summed E-state index contributed by atoms with van der Waals surface area (Å²) in [6.45, 7) is 5.00. The Balaban J connectivity index is 3.07. The molecule has 0 aliphatic rings. The number of rotatable bonds is 6. The molecule has 1 aromatic rings. The Bertz CT molecular complexity index is 545. The quantitative estimate of drug-likeness (QED) is 0.841. The van der Waals surface area contributed by atoms with Crippen molar-refractivity contribution < 1.29 is 17.9 Å². The molecule has 19 heavy (non-hydrogen) atoms. The molecule has 0 amide bonds. The zero-order valence-corrected chi connectivity index (χ0v) is 12.2. The van der Waals surface area contributed by atoms with Crippen molar-refractivity contribution in [3.05, 3.63) is 29.6 Å². The van der Waals surface area contributed by atoms with Crippen LogP contribution in [-0.2, 0) is 10.0 Å². The summed E-state index contributed by atoms with van der Waals surface area (Å²) in [7, 11) is -3.79. The third-order valence-electron chi connectivity index (χ3n) is 3.28. The molecule has 6 heteroatoms. The van der Waals surface area contributed by atoms with Gasteiger partial charge in [0.1, 0.15) is 5.82 Å². The lowest BCUT2D eigenvalue weighted by molar-refractivity contribution is 0.233. The molecule has 1 rings (SSSR count). The van der Waals surface area contributed by atoms with Crippen molar-refractivity contribution in [3.63, 3.8) is 0 Å². The Hall–Kier alpha value is -0.980. The molecule has 0 aliphatic heterocycles. The minimum Gasteiger partial charge on any atom is -0.396 e. The Morgan fingerprint density at radius 2 is 2.05 bits per heavy atom. The van der Waals surface area contributed by atoms with Gasteiger partial charge >= 0.3 is 0 Å². The lowest BCUT2D eigenvalue weighted by Gasteiger charge is -2.28. The highest BCUT2D eigenvalue weighted by atomic mass is 32.2. The number of halogens is 1. The van der Waals surface area contributed by atoms with Gasteiger partial charge in [0.25, 0.3) is 0 Å². The van der Waals surface area contributed by atoms with Crippen LogP contribution in [-0.4, -0.2) is 25.7 Å². The predicted octanol–water partition coefficient (Wildman–Crippen LogP) is 1.96. The molecule has 1 atom stereocenters. The Kier molecular flexibility index (Phi) is 5.06. The van der Waals surface area contributed by atoms with Crippen LogP contribution in [0.1, 0.15) is 32.3 Å². The van der Waals surface area contributed by atoms with Crippen molar-refractivity contribution in [2.24, 2.45) is 0 Å². The molecule has 1 aromatic carbocycles. The SMILES string of the molecule is CCC(C)(CCO)NS(=O)(=O)c1ccc(C)c(F)c1. The fourth-order valence-corrected chi connectivity index (χ4v) is 3.19. The van der Waals surface area contributed by atoms with Gasteiger partial charge in [0.15, 0.2) is 0 Å². The minimum atomic E-state index is -3.79. The smallest absolute Gasteiger partial charge is 0.241 e. The van der Waals surface area contributed by atoms with Gasteiger partial charge in [-0.2, -0.15) is 0 Å². The van der Waals surface area contributed by atoms with Crippen molar-refractivity contribution >= 4 is 10.0 Å². The van der Waals surface area contributed by atoms with E-state index >= 15 is 0 Å². The maximum absolute atomic E-state index is 13.4. The second-order valence-electron chi connectivity index (χ2n) is 4.90. The summed E-state index contributed by atoms with van der Waals surface area (Å²) in [5.41, 5.74) is -0.345. The number of sulfonamides is 1. The Morgan fingerprint density at radius 3 is 2.53 bits per heavy atom. The van der Waals surface area contributed by atoms with E-state index in [1.54, 1.807) is 13.8 Å². The van der Waals surface area contributed by atoms with E-state index in [0.29, 0.717) is 18.4 Å². The van der Waals surface area contributed by atoms with E-state index in [0.717, 1.165) is 6.07 Å². The molecule has 108 valence electrons. The normalized spacial score (nSPS) is 15.2. The van der Waals surface area contributed by atoms with Crippen LogP contribution in [0.4, 0.5) is 4.39 Å². The first-order valence-electron chi connectivity index (χ1n) is 6.15. The van der Waals surface area contributed by atoms with E-state index in [1.807, 2.05) is 6.92 Å². The molecule has 0 aromatic heterocycles. The number of hydrogen-bond donors (Lipinski definition) is 2. The molecular formula is C13H20FNO3S. The number of aryl methyl sites for hydroxylation is 1. The van der Waals surface area contributed by atoms with E-state index < -0.39 is 21.4 Å². The van der Waals surface area contributed by atoms with Gasteiger partial charge in [-0.25, -0.2) is 17.5 Å². The number of benzene rings is 1. The third kappa shape index (κ3) is 3.99. The summed E-state index contributed by atoms with van der Waals surface area (Å²) in [6, 6.07) is 3.81. The van der Waals surface area contributed by atoms with Gasteiger partial charge in [-0.3, -0.25) is 0 Å². The molecular weight excluding hydrogens is 269 g/mol. The molecule has 0 saturated carbocycles. The van der Waals surface area contributed by atoms with Crippen molar-refractivity contribution in [1.82, 2.24) is 4.72 Å². The van der Waals surface area contributed by atoms with Crippen LogP contribution in [0.5, 0.6) is 0 Å². The average molecular weight is 289 g/mol. The highest BCUT2D eigenvalue weighted by Gasteiger charge is 2.28. The molecule has 2 N–H and O–H groups in total. The van der Waals surface area contributed by atoms with Gasteiger partial charge in [-0.15, -0.1) is 0 Å². The van der Waals surface area contributed by atoms with Crippen LogP contribution >= 0.6 is 0 Å². The number of aliphatic hydroxyl groups is 1. The third-order valence-corrected chi connectivity index (χ3v) is 4.91. The van der Waals surface area contributed by atoms with Crippen LogP contribution in [0.25, 0.3) is 0 Å². The molecule has 4 nitrogen and oxygen atoms in total. The van der Waals surface area contributed by atoms with E-state index in [2.05, 4.69) is 4.72 Å². The van der Waals surface area contributed by atoms with Gasteiger partial charge in [0.2, 0.25) is 10.0 Å². The molecule has 0 bridgehead atoms. The minimum absolute atomic E-state index is 0.104. The monoisotopic (exact) mass is 289 g/mol. The van der Waals surface area contributed by atoms with Gasteiger partial charge in [0, 0.05) is 12.1 Å². The summed E-state index contributed by atoms with van der Waals surface area (Å²) >= 11 is 0. The second-order valence-corrected chi connectivity index (χ2v) is 6.59. The Morgan fingerprint density at radius 1 is 1.42 bits per heavy atom. The van der Waals surface area contributed by atoms with Gasteiger partial charge < -0.3 is 5.11 Å². The van der Waals surface area contributed by atoms with Crippen molar-refractivity contribution in [2.75, 3.05) is 6.61 Å². The molecule has 1 unspecified atom stereocenters. The lowest BCUT2D eigenvalue weighted by atomic mass is 9.97. The summed E-state index contributed by atoms with van der Waals surface area (Å²) < 4.78 is 40.3. The lowest BCUT2D eigenvalue weighted by Crippen LogP contribution is -2.46. The summed E-state index contributed by atoms with van der Waals surface area (Å²) in [6.07, 6.45) is 0.832. The van der Waals surface area contributed by atoms with E-state index in [4.69, 9.17) is 5.11 Å². The number of aliphatic hydroxyl groups excluding tert-OH is 1. The summed E-state index contributed by atoms with van der Waals surface area (Å²) in [4.78, 5) is -0.104. The van der Waals surface area contributed by atoms with Crippen molar-refractivity contribution in [3.8, 4) is 0 Å². The van der Waals surface area contributed by atoms with Crippen LogP contribution in [0.3, 0.4) is 0 Å². The van der Waals surface area contributed by atoms with Crippen LogP contribution in [0.2, 0.25) is 0 Å². The number of nitrogens with one attached hydrogen (secondary N) is 1. The van der Waals surface area contributed by atoms with E-state index in [1.165, 1.54) is 12.1 Å². The molecule has 0 heterocycles. The van der Waals surface area contributed by atoms with Crippen LogP contribution in [0, 0.1) is 12.7 Å². The first-order chi connectivity index (χ1) is 8.74. The predicted molar refractivity (Wildman–Crippen MR) is 71.9 cm³/mol. The highest BCUT2D eigenvalue weighted by molar-refractivity contribution is 7.89. The topological polar surface area (TPSA) is 66.4 Å². The first kappa shape index (κ1) is 16.1. The molecule has 0 spiro atoms. The van der Waals surface area contributed by atoms with Crippen molar-refractivity contribution in [1.29, 1.82) is 0 Å². The zero-order valence-electron chi connectivity index (χ0n) is 11.4. The highest BCUT2D eigenvalue weighted by Crippen LogP contribution is 2.20. The van der Waals surface area contributed by atoms with Crippen LogP contribution < -0.4 is 4.72 Å². The molecule has 0 radical (unpaired) electrons. The van der Waals surface area contributed by atoms with Gasteiger partial charge in [-0.05, 0) is 44.4 Å². The average Bonchev–Trinajstić information content (AvgIpc) is 2.32. The first-order valence-corrected chi connectivity index (χ1v) is 7.63. The van der Waals surface area contributed by atoms with E-state index in [9.17, 15) is 12.8 Å². The fraction of sp³-hybridized carbons (Fsp3) is 0.538. The molecule has 0 saturated heterocycles. The summed E-state index contributed by atoms with van der Waals surface area (Å²) in [5.74, 6) is -0.553. The largest absolute Gasteiger partial charge is 0.396 e. The summed E-state index contributed by atoms with van der Waals surface area (Å²) in [5, 5.41) is 8.99. The fourth-order valence-electron chi connectivity index (χ4n) is 1.67. The van der Waals surface area contributed by atoms with Crippen molar-refractivity contribution in [2.45, 2.75) is 44.0 Å². The van der Waals surface area contributed by atoms with E-state index in [-0.39, 0.29) is 11.5 Å². The second kappa shape index (κ2) is 5.98.